The van der Waals surface area contributed by atoms with Crippen LogP contribution in [0.1, 0.15) is 27.5 Å². The number of amides is 1. The van der Waals surface area contributed by atoms with E-state index in [0.29, 0.717) is 11.8 Å². The molecule has 0 aliphatic rings. The lowest BCUT2D eigenvalue weighted by Gasteiger charge is -2.11. The Hall–Kier alpha value is -3.49. The van der Waals surface area contributed by atoms with E-state index in [1.54, 1.807) is 11.8 Å². The smallest absolute Gasteiger partial charge is 0.302 e. The fraction of sp³-hybridized carbons (Fsp3) is 0.278. The van der Waals surface area contributed by atoms with Gasteiger partial charge in [-0.2, -0.15) is 15.0 Å². The van der Waals surface area contributed by atoms with E-state index < -0.39 is 0 Å². The number of benzene rings is 1. The summed E-state index contributed by atoms with van der Waals surface area (Å²) < 4.78 is 5.49. The molecule has 0 saturated carbocycles. The molecule has 2 aromatic heterocycles. The third-order valence-electron chi connectivity index (χ3n) is 3.80. The third kappa shape index (κ3) is 4.20. The first-order valence-corrected chi connectivity index (χ1v) is 8.34. The fourth-order valence-electron chi connectivity index (χ4n) is 2.44. The summed E-state index contributed by atoms with van der Waals surface area (Å²) in [6.45, 7) is 5.63. The maximum Gasteiger partial charge on any atom is 0.302 e. The average Bonchev–Trinajstić information content (AvgIpc) is 3.06. The molecule has 0 fully saturated rings. The lowest BCUT2D eigenvalue weighted by Crippen LogP contribution is -2.15. The Labute approximate surface area is 156 Å². The highest BCUT2D eigenvalue weighted by Gasteiger charge is 2.16. The van der Waals surface area contributed by atoms with E-state index in [0.717, 1.165) is 16.8 Å². The van der Waals surface area contributed by atoms with Gasteiger partial charge in [-0.1, -0.05) is 18.2 Å². The third-order valence-corrected chi connectivity index (χ3v) is 3.80. The van der Waals surface area contributed by atoms with Crippen LogP contribution in [0.25, 0.3) is 0 Å². The van der Waals surface area contributed by atoms with Gasteiger partial charge in [0, 0.05) is 19.8 Å². The molecular formula is C18H21N7O2. The molecule has 3 aromatic rings. The van der Waals surface area contributed by atoms with Gasteiger partial charge in [0.2, 0.25) is 17.7 Å². The van der Waals surface area contributed by atoms with E-state index >= 15 is 0 Å². The van der Waals surface area contributed by atoms with Gasteiger partial charge in [-0.3, -0.25) is 10.1 Å². The lowest BCUT2D eigenvalue weighted by atomic mass is 10.1. The maximum absolute atomic E-state index is 12.5. The van der Waals surface area contributed by atoms with Crippen molar-refractivity contribution in [3.63, 3.8) is 0 Å². The van der Waals surface area contributed by atoms with E-state index in [2.05, 4.69) is 30.6 Å². The largest absolute Gasteiger partial charge is 0.418 e. The highest BCUT2D eigenvalue weighted by molar-refractivity contribution is 6.03. The molecule has 0 spiro atoms. The summed E-state index contributed by atoms with van der Waals surface area (Å²) >= 11 is 0. The number of carbonyl (C=O) groups is 1. The van der Waals surface area contributed by atoms with Crippen molar-refractivity contribution in [1.82, 2.24) is 19.9 Å². The second kappa shape index (κ2) is 7.40. The number of nitrogens with zero attached hydrogens (tertiary/aromatic N) is 5. The Morgan fingerprint density at radius 2 is 1.78 bits per heavy atom. The van der Waals surface area contributed by atoms with Crippen molar-refractivity contribution in [2.45, 2.75) is 20.8 Å². The number of anilines is 4. The molecule has 0 unspecified atom stereocenters. The SMILES string of the molecule is Cc1nc(Nc2ncc(C(=O)Nc3c(C)cccc3C)o2)nc(N(C)C)n1. The molecule has 9 heteroatoms. The molecule has 0 bridgehead atoms. The molecule has 0 atom stereocenters. The average molecular weight is 367 g/mol. The molecule has 0 aliphatic carbocycles. The topological polar surface area (TPSA) is 109 Å². The zero-order valence-corrected chi connectivity index (χ0v) is 15.9. The number of carbonyl (C=O) groups excluding carboxylic acids is 1. The number of aryl methyl sites for hydroxylation is 3. The van der Waals surface area contributed by atoms with Gasteiger partial charge in [-0.25, -0.2) is 4.98 Å². The van der Waals surface area contributed by atoms with Crippen molar-refractivity contribution in [1.29, 1.82) is 0 Å². The maximum atomic E-state index is 12.5. The van der Waals surface area contributed by atoms with E-state index in [1.807, 2.05) is 46.1 Å². The van der Waals surface area contributed by atoms with Crippen molar-refractivity contribution < 1.29 is 9.21 Å². The number of para-hydroxylation sites is 1. The minimum absolute atomic E-state index is 0.0822. The number of nitrogens with one attached hydrogen (secondary N) is 2. The van der Waals surface area contributed by atoms with Crippen LogP contribution in [-0.2, 0) is 0 Å². The van der Waals surface area contributed by atoms with Gasteiger partial charge in [0.1, 0.15) is 5.82 Å². The standard InChI is InChI=1S/C18H21N7O2/c1-10-7-6-8-11(2)14(10)22-15(26)13-9-19-18(27-13)24-16-20-12(3)21-17(23-16)25(4)5/h6-9H,1-5H3,(H,22,26)(H,19,20,21,23,24). The van der Waals surface area contributed by atoms with Gasteiger partial charge in [0.05, 0.1) is 6.20 Å². The minimum Gasteiger partial charge on any atom is -0.418 e. The first kappa shape index (κ1) is 18.3. The summed E-state index contributed by atoms with van der Waals surface area (Å²) in [5.74, 6) is 1.04. The summed E-state index contributed by atoms with van der Waals surface area (Å²) in [5, 5.41) is 5.71. The van der Waals surface area contributed by atoms with Gasteiger partial charge in [-0.05, 0) is 31.9 Å². The van der Waals surface area contributed by atoms with Gasteiger partial charge < -0.3 is 14.6 Å². The number of aromatic nitrogens is 4. The Morgan fingerprint density at radius 3 is 2.44 bits per heavy atom. The van der Waals surface area contributed by atoms with Crippen LogP contribution >= 0.6 is 0 Å². The van der Waals surface area contributed by atoms with Crippen LogP contribution in [-0.4, -0.2) is 39.9 Å². The van der Waals surface area contributed by atoms with E-state index in [4.69, 9.17) is 4.42 Å². The highest BCUT2D eigenvalue weighted by Crippen LogP contribution is 2.21. The van der Waals surface area contributed by atoms with Gasteiger partial charge in [-0.15, -0.1) is 0 Å². The minimum atomic E-state index is -0.381. The van der Waals surface area contributed by atoms with Crippen molar-refractivity contribution in [2.75, 3.05) is 29.6 Å². The molecule has 3 rings (SSSR count). The molecule has 2 heterocycles. The quantitative estimate of drug-likeness (QED) is 0.708. The Bertz CT molecular complexity index is 961. The Balaban J connectivity index is 1.76. The Morgan fingerprint density at radius 1 is 1.07 bits per heavy atom. The number of hydrogen-bond acceptors (Lipinski definition) is 8. The number of rotatable bonds is 5. The normalized spacial score (nSPS) is 10.6. The second-order valence-corrected chi connectivity index (χ2v) is 6.28. The zero-order chi connectivity index (χ0) is 19.6. The molecule has 0 radical (unpaired) electrons. The van der Waals surface area contributed by atoms with Crippen molar-refractivity contribution >= 4 is 29.5 Å². The molecule has 1 aromatic carbocycles. The second-order valence-electron chi connectivity index (χ2n) is 6.28. The molecule has 140 valence electrons. The fourth-order valence-corrected chi connectivity index (χ4v) is 2.44. The Kier molecular flexibility index (Phi) is 5.02. The first-order valence-electron chi connectivity index (χ1n) is 8.34. The van der Waals surface area contributed by atoms with Crippen LogP contribution < -0.4 is 15.5 Å². The van der Waals surface area contributed by atoms with Crippen LogP contribution in [0.15, 0.2) is 28.8 Å². The van der Waals surface area contributed by atoms with Crippen molar-refractivity contribution in [3.8, 4) is 0 Å². The van der Waals surface area contributed by atoms with Crippen LogP contribution in [0.3, 0.4) is 0 Å². The summed E-state index contributed by atoms with van der Waals surface area (Å²) in [6, 6.07) is 5.93. The first-order chi connectivity index (χ1) is 12.8. The lowest BCUT2D eigenvalue weighted by molar-refractivity contribution is 0.0997. The molecule has 2 N–H and O–H groups in total. The van der Waals surface area contributed by atoms with Gasteiger partial charge in [0.25, 0.3) is 5.91 Å². The van der Waals surface area contributed by atoms with Crippen molar-refractivity contribution in [3.05, 3.63) is 47.1 Å². The summed E-state index contributed by atoms with van der Waals surface area (Å²) in [7, 11) is 3.67. The molecule has 9 nitrogen and oxygen atoms in total. The predicted molar refractivity (Wildman–Crippen MR) is 103 cm³/mol. The van der Waals surface area contributed by atoms with E-state index in [9.17, 15) is 4.79 Å². The van der Waals surface area contributed by atoms with Gasteiger partial charge >= 0.3 is 6.01 Å². The molecule has 1 amide bonds. The van der Waals surface area contributed by atoms with Crippen LogP contribution in [0, 0.1) is 20.8 Å². The summed E-state index contributed by atoms with van der Waals surface area (Å²) in [5.41, 5.74) is 2.70. The van der Waals surface area contributed by atoms with E-state index in [-0.39, 0.29) is 23.6 Å². The summed E-state index contributed by atoms with van der Waals surface area (Å²) in [4.78, 5) is 31.0. The molecule has 0 saturated heterocycles. The highest BCUT2D eigenvalue weighted by atomic mass is 16.4. The predicted octanol–water partition coefficient (Wildman–Crippen LogP) is 2.85. The zero-order valence-electron chi connectivity index (χ0n) is 15.9. The number of oxazole rings is 1. The van der Waals surface area contributed by atoms with Gasteiger partial charge in [0.15, 0.2) is 0 Å². The monoisotopic (exact) mass is 367 g/mol. The summed E-state index contributed by atoms with van der Waals surface area (Å²) in [6.07, 6.45) is 1.35. The number of hydrogen-bond donors (Lipinski definition) is 2. The molecule has 0 aliphatic heterocycles. The van der Waals surface area contributed by atoms with Crippen molar-refractivity contribution in [2.24, 2.45) is 0 Å². The van der Waals surface area contributed by atoms with E-state index in [1.165, 1.54) is 6.20 Å². The van der Waals surface area contributed by atoms with Crippen LogP contribution in [0.2, 0.25) is 0 Å². The van der Waals surface area contributed by atoms with Crippen LogP contribution in [0.5, 0.6) is 0 Å². The molecular weight excluding hydrogens is 346 g/mol. The molecule has 27 heavy (non-hydrogen) atoms. The van der Waals surface area contributed by atoms with Crippen LogP contribution in [0.4, 0.5) is 23.6 Å².